The van der Waals surface area contributed by atoms with Crippen molar-refractivity contribution >= 4 is 23.3 Å². The van der Waals surface area contributed by atoms with Crippen LogP contribution in [0, 0.1) is 0 Å². The normalized spacial score (nSPS) is 10.2. The lowest BCUT2D eigenvalue weighted by atomic mass is 10.2. The van der Waals surface area contributed by atoms with Crippen LogP contribution in [0.1, 0.15) is 17.3 Å². The van der Waals surface area contributed by atoms with Crippen molar-refractivity contribution in [1.29, 1.82) is 0 Å². The maximum Gasteiger partial charge on any atom is 0.339 e. The molecule has 0 aliphatic heterocycles. The third kappa shape index (κ3) is 2.44. The van der Waals surface area contributed by atoms with Gasteiger partial charge < -0.3 is 5.11 Å². The second-order valence-electron chi connectivity index (χ2n) is 3.92. The van der Waals surface area contributed by atoms with Crippen molar-refractivity contribution in [3.05, 3.63) is 36.4 Å². The summed E-state index contributed by atoms with van der Waals surface area (Å²) < 4.78 is 1.53. The Kier molecular flexibility index (Phi) is 3.28. The number of anilines is 2. The van der Waals surface area contributed by atoms with E-state index in [-0.39, 0.29) is 17.2 Å². The molecule has 0 atom stereocenters. The summed E-state index contributed by atoms with van der Waals surface area (Å²) in [5, 5.41) is 13.1. The van der Waals surface area contributed by atoms with E-state index in [0.717, 1.165) is 0 Å². The van der Waals surface area contributed by atoms with Crippen molar-refractivity contribution in [3.63, 3.8) is 0 Å². The van der Waals surface area contributed by atoms with Crippen molar-refractivity contribution in [2.24, 2.45) is 7.05 Å². The first kappa shape index (κ1) is 12.7. The molecule has 2 aromatic heterocycles. The zero-order valence-electron chi connectivity index (χ0n) is 10.4. The van der Waals surface area contributed by atoms with Crippen molar-refractivity contribution in [1.82, 2.24) is 14.8 Å². The molecule has 7 nitrogen and oxygen atoms in total. The minimum absolute atomic E-state index is 0.0402. The fourth-order valence-electron chi connectivity index (χ4n) is 1.76. The summed E-state index contributed by atoms with van der Waals surface area (Å²) in [4.78, 5) is 28.0. The van der Waals surface area contributed by atoms with Gasteiger partial charge in [-0.1, -0.05) is 0 Å². The number of hydrogen-bond acceptors (Lipinski definition) is 4. The van der Waals surface area contributed by atoms with Crippen LogP contribution < -0.4 is 4.90 Å². The minimum Gasteiger partial charge on any atom is -0.478 e. The number of aromatic carboxylic acids is 1. The predicted molar refractivity (Wildman–Crippen MR) is 67.2 cm³/mol. The molecule has 7 heteroatoms. The van der Waals surface area contributed by atoms with Gasteiger partial charge >= 0.3 is 5.97 Å². The van der Waals surface area contributed by atoms with Crippen molar-refractivity contribution in [3.8, 4) is 0 Å². The lowest BCUT2D eigenvalue weighted by molar-refractivity contribution is -0.115. The molecule has 1 N–H and O–H groups in total. The molecule has 2 rings (SSSR count). The van der Waals surface area contributed by atoms with Gasteiger partial charge in [0.05, 0.1) is 17.6 Å². The molecule has 0 radical (unpaired) electrons. The molecule has 0 unspecified atom stereocenters. The highest BCUT2D eigenvalue weighted by Gasteiger charge is 2.21. The highest BCUT2D eigenvalue weighted by molar-refractivity contribution is 6.05. The number of rotatable bonds is 3. The SMILES string of the molecule is CC(=O)N(c1cnn(C)c1)c1ccncc1C(=O)O. The number of hydrogen-bond donors (Lipinski definition) is 1. The number of carbonyl (C=O) groups is 2. The summed E-state index contributed by atoms with van der Waals surface area (Å²) in [5.41, 5.74) is 0.730. The standard InChI is InChI=1S/C12H12N4O3/c1-8(17)16(9-5-14-15(2)7-9)11-3-4-13-6-10(11)12(18)19/h3-7H,1-2H3,(H,18,19). The quantitative estimate of drug-likeness (QED) is 0.895. The second-order valence-corrected chi connectivity index (χ2v) is 3.92. The summed E-state index contributed by atoms with van der Waals surface area (Å²) >= 11 is 0. The van der Waals surface area contributed by atoms with Gasteiger partial charge in [-0.2, -0.15) is 5.10 Å². The summed E-state index contributed by atoms with van der Waals surface area (Å²) in [6.07, 6.45) is 5.78. The van der Waals surface area contributed by atoms with Gasteiger partial charge in [0, 0.05) is 32.6 Å². The Morgan fingerprint density at radius 1 is 1.37 bits per heavy atom. The van der Waals surface area contributed by atoms with Gasteiger partial charge in [-0.05, 0) is 6.07 Å². The van der Waals surface area contributed by atoms with Gasteiger partial charge in [0.15, 0.2) is 0 Å². The number of aryl methyl sites for hydroxylation is 1. The van der Waals surface area contributed by atoms with Gasteiger partial charge in [0.2, 0.25) is 5.91 Å². The molecule has 0 bridgehead atoms. The Balaban J connectivity index is 2.58. The fourth-order valence-corrected chi connectivity index (χ4v) is 1.76. The zero-order chi connectivity index (χ0) is 14.0. The fraction of sp³-hybridized carbons (Fsp3) is 0.167. The monoisotopic (exact) mass is 260 g/mol. The van der Waals surface area contributed by atoms with E-state index >= 15 is 0 Å². The Bertz CT molecular complexity index is 635. The van der Waals surface area contributed by atoms with Crippen LogP contribution in [0.3, 0.4) is 0 Å². The number of carboxylic acid groups (broad SMARTS) is 1. The van der Waals surface area contributed by atoms with Gasteiger partial charge in [-0.25, -0.2) is 4.79 Å². The van der Waals surface area contributed by atoms with E-state index < -0.39 is 5.97 Å². The number of pyridine rings is 1. The van der Waals surface area contributed by atoms with Crippen molar-refractivity contribution in [2.75, 3.05) is 4.90 Å². The third-order valence-electron chi connectivity index (χ3n) is 2.53. The predicted octanol–water partition coefficient (Wildman–Crippen LogP) is 1.20. The van der Waals surface area contributed by atoms with Gasteiger partial charge in [0.1, 0.15) is 5.56 Å². The number of aromatic nitrogens is 3. The van der Waals surface area contributed by atoms with Crippen LogP contribution >= 0.6 is 0 Å². The van der Waals surface area contributed by atoms with Crippen LogP contribution in [0.25, 0.3) is 0 Å². The Morgan fingerprint density at radius 3 is 2.63 bits per heavy atom. The number of carbonyl (C=O) groups excluding carboxylic acids is 1. The minimum atomic E-state index is -1.14. The molecule has 2 aromatic rings. The van der Waals surface area contributed by atoms with Crippen LogP contribution in [0.15, 0.2) is 30.9 Å². The van der Waals surface area contributed by atoms with Crippen LogP contribution in [0.4, 0.5) is 11.4 Å². The molecular formula is C12H12N4O3. The molecule has 0 aliphatic carbocycles. The molecule has 0 saturated heterocycles. The van der Waals surface area contributed by atoms with Gasteiger partial charge in [-0.3, -0.25) is 19.4 Å². The zero-order valence-corrected chi connectivity index (χ0v) is 10.4. The number of nitrogens with zero attached hydrogens (tertiary/aromatic N) is 4. The van der Waals surface area contributed by atoms with E-state index in [1.807, 2.05) is 0 Å². The number of amides is 1. The molecule has 0 aliphatic rings. The highest BCUT2D eigenvalue weighted by Crippen LogP contribution is 2.27. The first-order valence-corrected chi connectivity index (χ1v) is 5.47. The number of carboxylic acids is 1. The third-order valence-corrected chi connectivity index (χ3v) is 2.53. The van der Waals surface area contributed by atoms with Gasteiger partial charge in [0.25, 0.3) is 0 Å². The summed E-state index contributed by atoms with van der Waals surface area (Å²) in [5.74, 6) is -1.44. The van der Waals surface area contributed by atoms with Gasteiger partial charge in [-0.15, -0.1) is 0 Å². The van der Waals surface area contributed by atoms with E-state index in [1.54, 1.807) is 13.2 Å². The topological polar surface area (TPSA) is 88.3 Å². The average molecular weight is 260 g/mol. The highest BCUT2D eigenvalue weighted by atomic mass is 16.4. The molecule has 19 heavy (non-hydrogen) atoms. The molecule has 2 heterocycles. The first-order chi connectivity index (χ1) is 9.00. The Morgan fingerprint density at radius 2 is 2.11 bits per heavy atom. The van der Waals surface area contributed by atoms with Crippen molar-refractivity contribution in [2.45, 2.75) is 6.92 Å². The molecule has 0 saturated carbocycles. The average Bonchev–Trinajstić information content (AvgIpc) is 2.76. The molecule has 98 valence electrons. The first-order valence-electron chi connectivity index (χ1n) is 5.47. The van der Waals surface area contributed by atoms with Crippen LogP contribution in [-0.4, -0.2) is 31.7 Å². The Labute approximate surface area is 109 Å². The van der Waals surface area contributed by atoms with Crippen molar-refractivity contribution < 1.29 is 14.7 Å². The summed E-state index contributed by atoms with van der Waals surface area (Å²) in [6, 6.07) is 1.48. The lowest BCUT2D eigenvalue weighted by Crippen LogP contribution is -2.24. The van der Waals surface area contributed by atoms with E-state index in [0.29, 0.717) is 5.69 Å². The van der Waals surface area contributed by atoms with Crippen LogP contribution in [0.5, 0.6) is 0 Å². The van der Waals surface area contributed by atoms with E-state index in [1.165, 1.54) is 41.2 Å². The summed E-state index contributed by atoms with van der Waals surface area (Å²) in [7, 11) is 1.71. The molecule has 0 aromatic carbocycles. The van der Waals surface area contributed by atoms with E-state index in [2.05, 4.69) is 10.1 Å². The second kappa shape index (κ2) is 4.89. The lowest BCUT2D eigenvalue weighted by Gasteiger charge is -2.20. The smallest absolute Gasteiger partial charge is 0.339 e. The maximum absolute atomic E-state index is 11.8. The van der Waals surface area contributed by atoms with E-state index in [9.17, 15) is 9.59 Å². The molecule has 0 spiro atoms. The maximum atomic E-state index is 11.8. The largest absolute Gasteiger partial charge is 0.478 e. The summed E-state index contributed by atoms with van der Waals surface area (Å²) in [6.45, 7) is 1.36. The molecular weight excluding hydrogens is 248 g/mol. The van der Waals surface area contributed by atoms with Crippen LogP contribution in [-0.2, 0) is 11.8 Å². The van der Waals surface area contributed by atoms with Crippen LogP contribution in [0.2, 0.25) is 0 Å². The Hall–Kier alpha value is -2.70. The molecule has 1 amide bonds. The van der Waals surface area contributed by atoms with E-state index in [4.69, 9.17) is 5.11 Å². The molecule has 0 fully saturated rings.